The summed E-state index contributed by atoms with van der Waals surface area (Å²) in [5, 5.41) is 11.5. The van der Waals surface area contributed by atoms with E-state index in [0.29, 0.717) is 11.4 Å². The maximum atomic E-state index is 9.43. The number of benzene rings is 1. The van der Waals surface area contributed by atoms with Gasteiger partial charge in [-0.3, -0.25) is 4.98 Å². The Bertz CT molecular complexity index is 747. The third-order valence-electron chi connectivity index (χ3n) is 3.50. The minimum absolute atomic E-state index is 0.125. The fraction of sp³-hybridized carbons (Fsp3) is 0.267. The Balaban J connectivity index is 2.39. The van der Waals surface area contributed by atoms with E-state index in [1.165, 1.54) is 0 Å². The predicted octanol–water partition coefficient (Wildman–Crippen LogP) is 2.40. The smallest absolute Gasteiger partial charge is 0.147 e. The highest BCUT2D eigenvalue weighted by Gasteiger charge is 2.19. The highest BCUT2D eigenvalue weighted by Crippen LogP contribution is 2.36. The number of fused-ring (bicyclic) bond motifs is 3. The van der Waals surface area contributed by atoms with E-state index in [-0.39, 0.29) is 6.61 Å². The van der Waals surface area contributed by atoms with Gasteiger partial charge in [-0.15, -0.1) is 0 Å². The Morgan fingerprint density at radius 1 is 1.30 bits per heavy atom. The molecule has 5 nitrogen and oxygen atoms in total. The van der Waals surface area contributed by atoms with E-state index in [2.05, 4.69) is 9.97 Å². The second-order valence-electron chi connectivity index (χ2n) is 4.54. The average molecular weight is 272 g/mol. The zero-order chi connectivity index (χ0) is 14.1. The molecule has 1 aromatic carbocycles. The summed E-state index contributed by atoms with van der Waals surface area (Å²) in [7, 11) is 3.18. The van der Waals surface area contributed by atoms with Crippen molar-refractivity contribution in [3.63, 3.8) is 0 Å². The molecule has 1 unspecified atom stereocenters. The van der Waals surface area contributed by atoms with Crippen LogP contribution in [-0.4, -0.2) is 35.9 Å². The Morgan fingerprint density at radius 3 is 2.80 bits per heavy atom. The number of para-hydroxylation sites is 1. The molecular weight excluding hydrogens is 256 g/mol. The molecule has 0 saturated carbocycles. The topological polar surface area (TPSA) is 67.4 Å². The molecule has 3 aromatic rings. The molecule has 0 fully saturated rings. The van der Waals surface area contributed by atoms with E-state index in [4.69, 9.17) is 9.47 Å². The lowest BCUT2D eigenvalue weighted by Crippen LogP contribution is -2.09. The summed E-state index contributed by atoms with van der Waals surface area (Å²) in [6.07, 6.45) is 1.20. The van der Waals surface area contributed by atoms with Gasteiger partial charge in [-0.2, -0.15) is 0 Å². The van der Waals surface area contributed by atoms with Crippen molar-refractivity contribution in [2.24, 2.45) is 0 Å². The lowest BCUT2D eigenvalue weighted by molar-refractivity contribution is 0.0464. The average Bonchev–Trinajstić information content (AvgIpc) is 2.88. The number of aromatic amines is 1. The van der Waals surface area contributed by atoms with Crippen LogP contribution in [0.2, 0.25) is 0 Å². The van der Waals surface area contributed by atoms with Crippen molar-refractivity contribution in [2.75, 3.05) is 20.8 Å². The molecule has 1 atom stereocenters. The first kappa shape index (κ1) is 12.9. The number of H-pyrrole nitrogens is 1. The first-order valence-corrected chi connectivity index (χ1v) is 6.37. The Kier molecular flexibility index (Phi) is 3.30. The minimum Gasteiger partial charge on any atom is -0.494 e. The number of methoxy groups -OCH3 is 2. The molecule has 2 heterocycles. The maximum Gasteiger partial charge on any atom is 0.147 e. The summed E-state index contributed by atoms with van der Waals surface area (Å²) in [6, 6.07) is 7.98. The molecule has 20 heavy (non-hydrogen) atoms. The van der Waals surface area contributed by atoms with Crippen LogP contribution < -0.4 is 4.74 Å². The van der Waals surface area contributed by atoms with Gasteiger partial charge in [-0.1, -0.05) is 18.2 Å². The third kappa shape index (κ3) is 1.83. The predicted molar refractivity (Wildman–Crippen MR) is 77.0 cm³/mol. The van der Waals surface area contributed by atoms with Crippen molar-refractivity contribution in [1.29, 1.82) is 0 Å². The van der Waals surface area contributed by atoms with Crippen LogP contribution in [0.15, 0.2) is 30.5 Å². The van der Waals surface area contributed by atoms with E-state index in [1.807, 2.05) is 24.3 Å². The quantitative estimate of drug-likeness (QED) is 0.765. The molecule has 5 heteroatoms. The van der Waals surface area contributed by atoms with Gasteiger partial charge < -0.3 is 19.6 Å². The van der Waals surface area contributed by atoms with Gasteiger partial charge in [0.25, 0.3) is 0 Å². The summed E-state index contributed by atoms with van der Waals surface area (Å²) in [5.74, 6) is 0.703. The number of pyridine rings is 1. The molecule has 104 valence electrons. The number of aliphatic hydroxyl groups is 1. The molecular formula is C15H16N2O3. The summed E-state index contributed by atoms with van der Waals surface area (Å²) < 4.78 is 10.7. The van der Waals surface area contributed by atoms with Crippen LogP contribution in [0.5, 0.6) is 5.75 Å². The number of ether oxygens (including phenoxy) is 2. The zero-order valence-corrected chi connectivity index (χ0v) is 11.4. The standard InChI is InChI=1S/C15H16N2O3/c1-19-11-7-16-14(12(8-18)20-2)15-13(11)9-5-3-4-6-10(9)17-15/h3-7,12,17-18H,8H2,1-2H3. The number of hydrogen-bond acceptors (Lipinski definition) is 4. The molecule has 0 amide bonds. The lowest BCUT2D eigenvalue weighted by Gasteiger charge is -2.13. The fourth-order valence-corrected chi connectivity index (χ4v) is 2.52. The van der Waals surface area contributed by atoms with Crippen molar-refractivity contribution in [3.05, 3.63) is 36.2 Å². The Hall–Kier alpha value is -2.11. The number of aromatic nitrogens is 2. The molecule has 2 aromatic heterocycles. The number of nitrogens with zero attached hydrogens (tertiary/aromatic N) is 1. The van der Waals surface area contributed by atoms with Crippen LogP contribution in [0.1, 0.15) is 11.8 Å². The van der Waals surface area contributed by atoms with Gasteiger partial charge in [-0.25, -0.2) is 0 Å². The fourth-order valence-electron chi connectivity index (χ4n) is 2.52. The van der Waals surface area contributed by atoms with Crippen LogP contribution in [0, 0.1) is 0 Å². The van der Waals surface area contributed by atoms with Crippen molar-refractivity contribution < 1.29 is 14.6 Å². The third-order valence-corrected chi connectivity index (χ3v) is 3.50. The SMILES string of the molecule is COc1cnc(C(CO)OC)c2[nH]c3ccccc3c12. The molecule has 0 radical (unpaired) electrons. The van der Waals surface area contributed by atoms with Gasteiger partial charge in [0.2, 0.25) is 0 Å². The van der Waals surface area contributed by atoms with Crippen molar-refractivity contribution in [3.8, 4) is 5.75 Å². The van der Waals surface area contributed by atoms with E-state index in [0.717, 1.165) is 21.8 Å². The molecule has 0 aliphatic heterocycles. The van der Waals surface area contributed by atoms with Crippen LogP contribution in [0.25, 0.3) is 21.8 Å². The van der Waals surface area contributed by atoms with E-state index < -0.39 is 6.10 Å². The van der Waals surface area contributed by atoms with Crippen molar-refractivity contribution >= 4 is 21.8 Å². The summed E-state index contributed by atoms with van der Waals surface area (Å²) >= 11 is 0. The highest BCUT2D eigenvalue weighted by atomic mass is 16.5. The summed E-state index contributed by atoms with van der Waals surface area (Å²) in [6.45, 7) is -0.125. The normalized spacial score (nSPS) is 12.9. The van der Waals surface area contributed by atoms with Crippen molar-refractivity contribution in [1.82, 2.24) is 9.97 Å². The van der Waals surface area contributed by atoms with Crippen molar-refractivity contribution in [2.45, 2.75) is 6.10 Å². The highest BCUT2D eigenvalue weighted by molar-refractivity contribution is 6.11. The van der Waals surface area contributed by atoms with Crippen LogP contribution in [0.3, 0.4) is 0 Å². The number of hydrogen-bond donors (Lipinski definition) is 2. The summed E-state index contributed by atoms with van der Waals surface area (Å²) in [5.41, 5.74) is 2.52. The zero-order valence-electron chi connectivity index (χ0n) is 11.4. The van der Waals surface area contributed by atoms with E-state index in [9.17, 15) is 5.11 Å². The Morgan fingerprint density at radius 2 is 2.10 bits per heavy atom. The Labute approximate surface area is 116 Å². The van der Waals surface area contributed by atoms with Gasteiger partial charge in [-0.05, 0) is 6.07 Å². The van der Waals surface area contributed by atoms with Crippen LogP contribution in [-0.2, 0) is 4.74 Å². The van der Waals surface area contributed by atoms with Gasteiger partial charge in [0.1, 0.15) is 11.9 Å². The molecule has 2 N–H and O–H groups in total. The van der Waals surface area contributed by atoms with Gasteiger partial charge in [0.15, 0.2) is 0 Å². The summed E-state index contributed by atoms with van der Waals surface area (Å²) in [4.78, 5) is 7.71. The molecule has 0 aliphatic rings. The molecule has 0 aliphatic carbocycles. The second kappa shape index (κ2) is 5.11. The second-order valence-corrected chi connectivity index (χ2v) is 4.54. The number of nitrogens with one attached hydrogen (secondary N) is 1. The van der Waals surface area contributed by atoms with Crippen LogP contribution in [0.4, 0.5) is 0 Å². The van der Waals surface area contributed by atoms with E-state index in [1.54, 1.807) is 20.4 Å². The van der Waals surface area contributed by atoms with Gasteiger partial charge in [0.05, 0.1) is 36.5 Å². The first-order valence-electron chi connectivity index (χ1n) is 6.37. The molecule has 0 bridgehead atoms. The van der Waals surface area contributed by atoms with E-state index >= 15 is 0 Å². The van der Waals surface area contributed by atoms with Gasteiger partial charge >= 0.3 is 0 Å². The molecule has 0 spiro atoms. The minimum atomic E-state index is -0.462. The monoisotopic (exact) mass is 272 g/mol. The first-order chi connectivity index (χ1) is 9.80. The van der Waals surface area contributed by atoms with Gasteiger partial charge in [0, 0.05) is 18.0 Å². The van der Waals surface area contributed by atoms with Crippen LogP contribution >= 0.6 is 0 Å². The molecule has 3 rings (SSSR count). The number of rotatable bonds is 4. The lowest BCUT2D eigenvalue weighted by atomic mass is 10.1. The number of aliphatic hydroxyl groups excluding tert-OH is 1. The molecule has 0 saturated heterocycles. The largest absolute Gasteiger partial charge is 0.494 e. The maximum absolute atomic E-state index is 9.43.